The molecule has 0 fully saturated rings. The van der Waals surface area contributed by atoms with E-state index in [1.165, 1.54) is 5.56 Å². The summed E-state index contributed by atoms with van der Waals surface area (Å²) < 4.78 is 0. The van der Waals surface area contributed by atoms with Gasteiger partial charge in [0, 0.05) is 11.9 Å². The lowest BCUT2D eigenvalue weighted by molar-refractivity contribution is 0.867. The Bertz CT molecular complexity index is 771. The van der Waals surface area contributed by atoms with Crippen molar-refractivity contribution >= 4 is 17.5 Å². The van der Waals surface area contributed by atoms with E-state index < -0.39 is 0 Å². The van der Waals surface area contributed by atoms with Crippen LogP contribution in [0.4, 0.5) is 17.5 Å². The van der Waals surface area contributed by atoms with Crippen molar-refractivity contribution in [3.63, 3.8) is 0 Å². The molecular formula is C18H20N6. The molecule has 0 unspecified atom stereocenters. The number of pyridine rings is 1. The number of hydrogen-bond donors (Lipinski definition) is 2. The number of anilines is 3. The highest BCUT2D eigenvalue weighted by Gasteiger charge is 2.03. The van der Waals surface area contributed by atoms with Gasteiger partial charge in [0.1, 0.15) is 0 Å². The summed E-state index contributed by atoms with van der Waals surface area (Å²) in [6.45, 7) is 4.90. The van der Waals surface area contributed by atoms with E-state index in [-0.39, 0.29) is 0 Å². The summed E-state index contributed by atoms with van der Waals surface area (Å²) in [6, 6.07) is 14.1. The average molecular weight is 320 g/mol. The Morgan fingerprint density at radius 2 is 1.88 bits per heavy atom. The Labute approximate surface area is 141 Å². The second kappa shape index (κ2) is 7.50. The summed E-state index contributed by atoms with van der Waals surface area (Å²) in [7, 11) is 0. The van der Waals surface area contributed by atoms with Crippen LogP contribution in [0, 0.1) is 0 Å². The van der Waals surface area contributed by atoms with Crippen LogP contribution >= 0.6 is 0 Å². The van der Waals surface area contributed by atoms with Gasteiger partial charge in [0.15, 0.2) is 5.82 Å². The molecule has 0 bridgehead atoms. The quantitative estimate of drug-likeness (QED) is 0.720. The van der Waals surface area contributed by atoms with Crippen LogP contribution in [0.15, 0.2) is 54.9 Å². The maximum absolute atomic E-state index is 4.42. The second-order valence-corrected chi connectivity index (χ2v) is 5.74. The van der Waals surface area contributed by atoms with E-state index in [2.05, 4.69) is 56.8 Å². The molecule has 0 amide bonds. The van der Waals surface area contributed by atoms with Crippen LogP contribution < -0.4 is 10.6 Å². The maximum Gasteiger partial charge on any atom is 0.245 e. The molecule has 0 atom stereocenters. The van der Waals surface area contributed by atoms with Crippen molar-refractivity contribution in [3.05, 3.63) is 66.1 Å². The van der Waals surface area contributed by atoms with Gasteiger partial charge in [0.25, 0.3) is 0 Å². The molecule has 6 heteroatoms. The molecule has 0 aliphatic heterocycles. The first-order chi connectivity index (χ1) is 11.7. The van der Waals surface area contributed by atoms with Gasteiger partial charge in [0.2, 0.25) is 5.95 Å². The minimum atomic E-state index is 0.462. The highest BCUT2D eigenvalue weighted by atomic mass is 15.3. The third kappa shape index (κ3) is 4.25. The topological polar surface area (TPSA) is 75.6 Å². The van der Waals surface area contributed by atoms with E-state index in [0.29, 0.717) is 24.2 Å². The highest BCUT2D eigenvalue weighted by Crippen LogP contribution is 2.19. The average Bonchev–Trinajstić information content (AvgIpc) is 2.62. The van der Waals surface area contributed by atoms with Crippen LogP contribution in [0.25, 0.3) is 0 Å². The maximum atomic E-state index is 4.42. The minimum Gasteiger partial charge on any atom is -0.347 e. The Balaban J connectivity index is 1.64. The molecule has 122 valence electrons. The number of benzene rings is 1. The molecule has 2 aromatic heterocycles. The number of aromatic nitrogens is 4. The first-order valence-electron chi connectivity index (χ1n) is 7.91. The molecule has 0 radical (unpaired) electrons. The lowest BCUT2D eigenvalue weighted by Crippen LogP contribution is -2.07. The van der Waals surface area contributed by atoms with Gasteiger partial charge in [-0.2, -0.15) is 10.1 Å². The molecule has 0 aliphatic carbocycles. The molecule has 6 nitrogen and oxygen atoms in total. The first-order valence-corrected chi connectivity index (χ1v) is 7.91. The van der Waals surface area contributed by atoms with Crippen molar-refractivity contribution in [2.75, 3.05) is 10.6 Å². The zero-order valence-corrected chi connectivity index (χ0v) is 13.8. The SMILES string of the molecule is CC(C)c1ccc(Nc2cnnc(NCc3ccccn3)n2)cc1. The van der Waals surface area contributed by atoms with E-state index in [1.54, 1.807) is 12.4 Å². The number of hydrogen-bond acceptors (Lipinski definition) is 6. The van der Waals surface area contributed by atoms with Gasteiger partial charge in [-0.25, -0.2) is 0 Å². The number of nitrogens with one attached hydrogen (secondary N) is 2. The zero-order chi connectivity index (χ0) is 16.8. The van der Waals surface area contributed by atoms with Gasteiger partial charge in [-0.05, 0) is 35.7 Å². The lowest BCUT2D eigenvalue weighted by atomic mass is 10.0. The predicted octanol–water partition coefficient (Wildman–Crippen LogP) is 3.75. The fraction of sp³-hybridized carbons (Fsp3) is 0.222. The van der Waals surface area contributed by atoms with Crippen LogP contribution in [-0.2, 0) is 6.54 Å². The van der Waals surface area contributed by atoms with Crippen molar-refractivity contribution < 1.29 is 0 Å². The fourth-order valence-corrected chi connectivity index (χ4v) is 2.21. The van der Waals surface area contributed by atoms with Crippen LogP contribution in [0.2, 0.25) is 0 Å². The van der Waals surface area contributed by atoms with Crippen LogP contribution in [0.5, 0.6) is 0 Å². The third-order valence-corrected chi connectivity index (χ3v) is 3.56. The van der Waals surface area contributed by atoms with Crippen molar-refractivity contribution in [2.45, 2.75) is 26.3 Å². The summed E-state index contributed by atoms with van der Waals surface area (Å²) in [6.07, 6.45) is 3.36. The molecular weight excluding hydrogens is 300 g/mol. The van der Waals surface area contributed by atoms with E-state index in [9.17, 15) is 0 Å². The Morgan fingerprint density at radius 1 is 1.04 bits per heavy atom. The minimum absolute atomic E-state index is 0.462. The van der Waals surface area contributed by atoms with Gasteiger partial charge in [-0.1, -0.05) is 32.0 Å². The normalized spacial score (nSPS) is 10.6. The molecule has 2 heterocycles. The highest BCUT2D eigenvalue weighted by molar-refractivity contribution is 5.56. The summed E-state index contributed by atoms with van der Waals surface area (Å²) in [5.74, 6) is 1.62. The molecule has 0 spiro atoms. The largest absolute Gasteiger partial charge is 0.347 e. The van der Waals surface area contributed by atoms with E-state index in [0.717, 1.165) is 11.4 Å². The number of rotatable bonds is 6. The van der Waals surface area contributed by atoms with Crippen molar-refractivity contribution in [3.8, 4) is 0 Å². The Morgan fingerprint density at radius 3 is 2.58 bits per heavy atom. The predicted molar refractivity (Wildman–Crippen MR) is 95.2 cm³/mol. The van der Waals surface area contributed by atoms with Crippen molar-refractivity contribution in [1.29, 1.82) is 0 Å². The van der Waals surface area contributed by atoms with Gasteiger partial charge in [-0.3, -0.25) is 4.98 Å². The summed E-state index contributed by atoms with van der Waals surface area (Å²) >= 11 is 0. The molecule has 2 N–H and O–H groups in total. The monoisotopic (exact) mass is 320 g/mol. The van der Waals surface area contributed by atoms with Gasteiger partial charge < -0.3 is 10.6 Å². The van der Waals surface area contributed by atoms with Crippen LogP contribution in [0.3, 0.4) is 0 Å². The standard InChI is InChI=1S/C18H20N6/c1-13(2)14-6-8-15(9-7-14)22-17-12-21-24-18(23-17)20-11-16-5-3-4-10-19-16/h3-10,12-13H,11H2,1-2H3,(H2,20,22,23,24). The summed E-state index contributed by atoms with van der Waals surface area (Å²) in [5.41, 5.74) is 3.19. The van der Waals surface area contributed by atoms with Crippen LogP contribution in [-0.4, -0.2) is 20.2 Å². The first kappa shape index (κ1) is 15.9. The van der Waals surface area contributed by atoms with E-state index in [1.807, 2.05) is 30.3 Å². The van der Waals surface area contributed by atoms with Gasteiger partial charge >= 0.3 is 0 Å². The molecule has 1 aromatic carbocycles. The smallest absolute Gasteiger partial charge is 0.245 e. The molecule has 24 heavy (non-hydrogen) atoms. The van der Waals surface area contributed by atoms with Crippen LogP contribution in [0.1, 0.15) is 31.0 Å². The molecule has 3 aromatic rings. The Kier molecular flexibility index (Phi) is 4.96. The molecule has 3 rings (SSSR count). The summed E-state index contributed by atoms with van der Waals surface area (Å²) in [5, 5.41) is 14.3. The zero-order valence-electron chi connectivity index (χ0n) is 13.8. The number of nitrogens with zero attached hydrogens (tertiary/aromatic N) is 4. The molecule has 0 aliphatic rings. The lowest BCUT2D eigenvalue weighted by Gasteiger charge is -2.09. The van der Waals surface area contributed by atoms with Crippen molar-refractivity contribution in [1.82, 2.24) is 20.2 Å². The third-order valence-electron chi connectivity index (χ3n) is 3.56. The van der Waals surface area contributed by atoms with Crippen molar-refractivity contribution in [2.24, 2.45) is 0 Å². The summed E-state index contributed by atoms with van der Waals surface area (Å²) in [4.78, 5) is 8.67. The fourth-order valence-electron chi connectivity index (χ4n) is 2.21. The van der Waals surface area contributed by atoms with Gasteiger partial charge in [-0.15, -0.1) is 5.10 Å². The second-order valence-electron chi connectivity index (χ2n) is 5.74. The van der Waals surface area contributed by atoms with E-state index >= 15 is 0 Å². The Hall–Kier alpha value is -3.02. The molecule has 0 saturated carbocycles. The van der Waals surface area contributed by atoms with Gasteiger partial charge in [0.05, 0.1) is 18.4 Å². The van der Waals surface area contributed by atoms with E-state index in [4.69, 9.17) is 0 Å². The molecule has 0 saturated heterocycles.